The first-order valence-corrected chi connectivity index (χ1v) is 5.59. The van der Waals surface area contributed by atoms with Gasteiger partial charge in [-0.1, -0.05) is 33.6 Å². The molecule has 0 spiro atoms. The molecule has 0 atom stereocenters. The summed E-state index contributed by atoms with van der Waals surface area (Å²) < 4.78 is 2.51. The fourth-order valence-electron chi connectivity index (χ4n) is 1.25. The van der Waals surface area contributed by atoms with Crippen molar-refractivity contribution >= 4 is 27.5 Å². The van der Waals surface area contributed by atoms with Crippen LogP contribution in [0.3, 0.4) is 0 Å². The van der Waals surface area contributed by atoms with Crippen molar-refractivity contribution in [3.63, 3.8) is 0 Å². The van der Waals surface area contributed by atoms with Crippen LogP contribution < -0.4 is 0 Å². The maximum atomic E-state index is 8.59. The maximum Gasteiger partial charge on any atom is 0.252 e. The Morgan fingerprint density at radius 2 is 2.31 bits per heavy atom. The topological polar surface area (TPSA) is 54.5 Å². The van der Waals surface area contributed by atoms with Crippen LogP contribution in [0.4, 0.5) is 0 Å². The molecule has 0 aliphatic heterocycles. The van der Waals surface area contributed by atoms with Gasteiger partial charge in [0.2, 0.25) is 0 Å². The van der Waals surface area contributed by atoms with Gasteiger partial charge in [0.15, 0.2) is 0 Å². The van der Waals surface area contributed by atoms with Crippen molar-refractivity contribution in [3.05, 3.63) is 45.4 Å². The first kappa shape index (κ1) is 11.1. The second-order valence-corrected chi connectivity index (χ2v) is 4.44. The van der Waals surface area contributed by atoms with Gasteiger partial charge < -0.3 is 0 Å². The van der Waals surface area contributed by atoms with E-state index in [0.717, 1.165) is 10.0 Å². The Kier molecular flexibility index (Phi) is 3.22. The molecule has 6 heteroatoms. The molecule has 0 radical (unpaired) electrons. The highest BCUT2D eigenvalue weighted by molar-refractivity contribution is 9.10. The summed E-state index contributed by atoms with van der Waals surface area (Å²) in [5, 5.41) is 13.2. The summed E-state index contributed by atoms with van der Waals surface area (Å²) in [6.07, 6.45) is 1.51. The number of halogens is 2. The van der Waals surface area contributed by atoms with Gasteiger partial charge in [-0.25, -0.2) is 9.67 Å². The largest absolute Gasteiger partial charge is 0.252 e. The molecule has 2 aromatic rings. The molecule has 1 heterocycles. The van der Waals surface area contributed by atoms with Crippen LogP contribution in [0.1, 0.15) is 11.4 Å². The van der Waals surface area contributed by atoms with E-state index in [2.05, 4.69) is 26.0 Å². The zero-order chi connectivity index (χ0) is 11.5. The van der Waals surface area contributed by atoms with Crippen molar-refractivity contribution < 1.29 is 0 Å². The minimum absolute atomic E-state index is 0.160. The summed E-state index contributed by atoms with van der Waals surface area (Å²) in [5.74, 6) is 0.160. The zero-order valence-electron chi connectivity index (χ0n) is 8.06. The molecule has 0 aliphatic rings. The highest BCUT2D eigenvalue weighted by Crippen LogP contribution is 2.21. The van der Waals surface area contributed by atoms with Gasteiger partial charge in [-0.2, -0.15) is 5.26 Å². The highest BCUT2D eigenvalue weighted by atomic mass is 79.9. The lowest BCUT2D eigenvalue weighted by atomic mass is 10.2. The highest BCUT2D eigenvalue weighted by Gasteiger charge is 2.04. The van der Waals surface area contributed by atoms with Gasteiger partial charge in [-0.05, 0) is 17.7 Å². The Morgan fingerprint density at radius 1 is 1.50 bits per heavy atom. The third-order valence-electron chi connectivity index (χ3n) is 1.98. The van der Waals surface area contributed by atoms with E-state index in [-0.39, 0.29) is 5.82 Å². The Hall–Kier alpha value is -1.38. The van der Waals surface area contributed by atoms with Crippen LogP contribution >= 0.6 is 27.5 Å². The Labute approximate surface area is 106 Å². The number of rotatable bonds is 2. The number of hydrogen-bond donors (Lipinski definition) is 0. The van der Waals surface area contributed by atoms with E-state index in [9.17, 15) is 0 Å². The van der Waals surface area contributed by atoms with Gasteiger partial charge in [0.25, 0.3) is 5.82 Å². The van der Waals surface area contributed by atoms with E-state index >= 15 is 0 Å². The number of benzene rings is 1. The van der Waals surface area contributed by atoms with Crippen LogP contribution in [0.5, 0.6) is 0 Å². The van der Waals surface area contributed by atoms with Gasteiger partial charge in [-0.3, -0.25) is 0 Å². The third kappa shape index (κ3) is 2.40. The number of nitrogens with zero attached hydrogens (tertiary/aromatic N) is 4. The molecule has 80 valence electrons. The molecule has 0 aliphatic carbocycles. The summed E-state index contributed by atoms with van der Waals surface area (Å²) in [7, 11) is 0. The monoisotopic (exact) mass is 296 g/mol. The summed E-state index contributed by atoms with van der Waals surface area (Å²) in [5.41, 5.74) is 0.930. The SMILES string of the molecule is N#Cc1ncn(Cc2ccc(Br)cc2Cl)n1. The molecule has 16 heavy (non-hydrogen) atoms. The van der Waals surface area contributed by atoms with Crippen LogP contribution in [0.15, 0.2) is 29.0 Å². The average molecular weight is 298 g/mol. The summed E-state index contributed by atoms with van der Waals surface area (Å²) in [6, 6.07) is 7.50. The molecular formula is C10H6BrClN4. The average Bonchev–Trinajstić information content (AvgIpc) is 2.70. The van der Waals surface area contributed by atoms with E-state index in [1.54, 1.807) is 4.68 Å². The van der Waals surface area contributed by atoms with Crippen molar-refractivity contribution in [2.24, 2.45) is 0 Å². The fraction of sp³-hybridized carbons (Fsp3) is 0.100. The lowest BCUT2D eigenvalue weighted by Crippen LogP contribution is -2.01. The molecule has 4 nitrogen and oxygen atoms in total. The van der Waals surface area contributed by atoms with Gasteiger partial charge in [0, 0.05) is 9.50 Å². The van der Waals surface area contributed by atoms with E-state index in [1.807, 2.05) is 24.3 Å². The minimum Gasteiger partial charge on any atom is -0.247 e. The van der Waals surface area contributed by atoms with Crippen LogP contribution in [0.25, 0.3) is 0 Å². The van der Waals surface area contributed by atoms with Crippen LogP contribution in [0, 0.1) is 11.3 Å². The molecule has 2 rings (SSSR count). The molecule has 1 aromatic heterocycles. The predicted molar refractivity (Wildman–Crippen MR) is 63.0 cm³/mol. The fourth-order valence-corrected chi connectivity index (χ4v) is 1.98. The van der Waals surface area contributed by atoms with Crippen LogP contribution in [-0.4, -0.2) is 14.8 Å². The first-order valence-electron chi connectivity index (χ1n) is 4.42. The van der Waals surface area contributed by atoms with Crippen molar-refractivity contribution in [3.8, 4) is 6.07 Å². The molecule has 0 fully saturated rings. The van der Waals surface area contributed by atoms with Gasteiger partial charge >= 0.3 is 0 Å². The van der Waals surface area contributed by atoms with Crippen molar-refractivity contribution in [2.45, 2.75) is 6.54 Å². The van der Waals surface area contributed by atoms with E-state index < -0.39 is 0 Å². The lowest BCUT2D eigenvalue weighted by molar-refractivity contribution is 0.682. The van der Waals surface area contributed by atoms with Gasteiger partial charge in [0.05, 0.1) is 6.54 Å². The van der Waals surface area contributed by atoms with Crippen molar-refractivity contribution in [1.82, 2.24) is 14.8 Å². The number of hydrogen-bond acceptors (Lipinski definition) is 3. The van der Waals surface area contributed by atoms with Crippen LogP contribution in [0.2, 0.25) is 5.02 Å². The summed E-state index contributed by atoms with van der Waals surface area (Å²) >= 11 is 9.40. The van der Waals surface area contributed by atoms with E-state index in [4.69, 9.17) is 16.9 Å². The van der Waals surface area contributed by atoms with Crippen molar-refractivity contribution in [2.75, 3.05) is 0 Å². The number of aromatic nitrogens is 3. The minimum atomic E-state index is 0.160. The van der Waals surface area contributed by atoms with Gasteiger partial charge in [-0.15, -0.1) is 5.10 Å². The third-order valence-corrected chi connectivity index (χ3v) is 2.83. The number of nitriles is 1. The molecule has 0 bridgehead atoms. The second kappa shape index (κ2) is 4.64. The molecule has 0 amide bonds. The Balaban J connectivity index is 2.24. The predicted octanol–water partition coefficient (Wildman–Crippen LogP) is 2.61. The maximum absolute atomic E-state index is 8.59. The Morgan fingerprint density at radius 3 is 2.94 bits per heavy atom. The molecular weight excluding hydrogens is 291 g/mol. The molecule has 0 N–H and O–H groups in total. The van der Waals surface area contributed by atoms with Crippen LogP contribution in [-0.2, 0) is 6.54 Å². The summed E-state index contributed by atoms with van der Waals surface area (Å²) in [6.45, 7) is 0.501. The molecule has 0 saturated carbocycles. The first-order chi connectivity index (χ1) is 7.69. The standard InChI is InChI=1S/C10H6BrClN4/c11-8-2-1-7(9(12)3-8)5-16-6-14-10(4-13)15-16/h1-3,6H,5H2. The summed E-state index contributed by atoms with van der Waals surface area (Å²) in [4.78, 5) is 3.82. The molecule has 0 saturated heterocycles. The Bertz CT molecular complexity index is 558. The quantitative estimate of drug-likeness (QED) is 0.856. The van der Waals surface area contributed by atoms with Crippen molar-refractivity contribution in [1.29, 1.82) is 5.26 Å². The lowest BCUT2D eigenvalue weighted by Gasteiger charge is -2.03. The van der Waals surface area contributed by atoms with E-state index in [1.165, 1.54) is 6.33 Å². The zero-order valence-corrected chi connectivity index (χ0v) is 10.4. The molecule has 0 unspecified atom stereocenters. The smallest absolute Gasteiger partial charge is 0.247 e. The molecule has 1 aromatic carbocycles. The van der Waals surface area contributed by atoms with Gasteiger partial charge in [0.1, 0.15) is 12.4 Å². The second-order valence-electron chi connectivity index (χ2n) is 3.11. The normalized spacial score (nSPS) is 10.1. The van der Waals surface area contributed by atoms with E-state index in [0.29, 0.717) is 11.6 Å².